The lowest BCUT2D eigenvalue weighted by Crippen LogP contribution is -2.54. The van der Waals surface area contributed by atoms with Crippen LogP contribution in [0.4, 0.5) is 24.6 Å². The van der Waals surface area contributed by atoms with Gasteiger partial charge in [0.2, 0.25) is 0 Å². The van der Waals surface area contributed by atoms with Gasteiger partial charge in [-0.3, -0.25) is 24.6 Å². The summed E-state index contributed by atoms with van der Waals surface area (Å²) >= 11 is 0. The van der Waals surface area contributed by atoms with Gasteiger partial charge in [-0.15, -0.1) is 0 Å². The molecule has 0 saturated heterocycles. The third-order valence-corrected chi connectivity index (χ3v) is 8.07. The second-order valence-corrected chi connectivity index (χ2v) is 15.7. The van der Waals surface area contributed by atoms with Crippen LogP contribution in [-0.4, -0.2) is 39.9 Å². The maximum atomic E-state index is 13.2. The normalized spacial score (nSPS) is 13.1. The first kappa shape index (κ1) is 26.7. The summed E-state index contributed by atoms with van der Waals surface area (Å²) in [5.74, 6) is 0. The van der Waals surface area contributed by atoms with E-state index in [0.717, 1.165) is 19.6 Å². The number of hydrogen-bond donors (Lipinski definition) is 0. The van der Waals surface area contributed by atoms with Crippen molar-refractivity contribution in [3.05, 3.63) is 31.5 Å². The molecule has 0 aliphatic heterocycles. The summed E-state index contributed by atoms with van der Waals surface area (Å²) in [7, 11) is -13.3. The molecule has 0 aliphatic rings. The van der Waals surface area contributed by atoms with E-state index in [1.54, 1.807) is 0 Å². The van der Waals surface area contributed by atoms with E-state index in [9.17, 15) is 39.0 Å². The highest BCUT2D eigenvalue weighted by atomic mass is 28.4. The Balaban J connectivity index is 3.25. The fourth-order valence-electron chi connectivity index (χ4n) is 2.90. The van der Waals surface area contributed by atoms with Crippen LogP contribution in [0, 0.1) is 0 Å². The summed E-state index contributed by atoms with van der Waals surface area (Å²) in [5, 5.41) is 0. The molecule has 0 bridgehead atoms. The predicted octanol–water partition coefficient (Wildman–Crippen LogP) is 3.38. The summed E-state index contributed by atoms with van der Waals surface area (Å²) in [6, 6.07) is -1.42. The highest BCUT2D eigenvalue weighted by Crippen LogP contribution is 2.16. The van der Waals surface area contributed by atoms with Crippen LogP contribution in [-0.2, 0) is 19.6 Å². The smallest absolute Gasteiger partial charge is 0.271 e. The molecule has 0 fully saturated rings. The molecule has 0 radical (unpaired) electrons. The van der Waals surface area contributed by atoms with E-state index in [1.165, 1.54) is 0 Å². The van der Waals surface area contributed by atoms with E-state index in [4.69, 9.17) is 0 Å². The van der Waals surface area contributed by atoms with Crippen LogP contribution in [0.3, 0.4) is 0 Å². The Morgan fingerprint density at radius 3 is 0.900 bits per heavy atom. The summed E-state index contributed by atoms with van der Waals surface area (Å²) in [5.41, 5.74) is -3.17. The van der Waals surface area contributed by atoms with Gasteiger partial charge in [0.1, 0.15) is 0 Å². The van der Waals surface area contributed by atoms with Crippen molar-refractivity contribution in [3.8, 4) is 0 Å². The van der Waals surface area contributed by atoms with Crippen LogP contribution in [0.25, 0.3) is 0 Å². The van der Waals surface area contributed by atoms with E-state index >= 15 is 0 Å². The molecule has 0 amide bonds. The Morgan fingerprint density at radius 1 is 0.533 bits per heavy atom. The third kappa shape index (κ3) is 9.20. The van der Waals surface area contributed by atoms with Crippen molar-refractivity contribution in [2.75, 3.05) is 0 Å². The topological polar surface area (TPSA) is 66.0 Å². The van der Waals surface area contributed by atoms with Gasteiger partial charge in [-0.2, -0.15) is 0 Å². The minimum atomic E-state index is -4.42. The van der Waals surface area contributed by atoms with Crippen LogP contribution < -0.4 is 17.1 Å². The first-order valence-electron chi connectivity index (χ1n) is 9.60. The van der Waals surface area contributed by atoms with Crippen molar-refractivity contribution >= 4 is 26.2 Å². The van der Waals surface area contributed by atoms with Gasteiger partial charge in [0.05, 0.1) is 0 Å². The van der Waals surface area contributed by atoms with Crippen molar-refractivity contribution in [2.45, 2.75) is 76.7 Å². The maximum absolute atomic E-state index is 13.2. The first-order valence-corrected chi connectivity index (χ1v) is 17.0. The fraction of sp³-hybridized carbons (Fsp3) is 0.800. The summed E-state index contributed by atoms with van der Waals surface area (Å²) in [6.07, 6.45) is -0.533. The lowest BCUT2D eigenvalue weighted by Gasteiger charge is -2.15. The molecule has 1 heterocycles. The average Bonchev–Trinajstić information content (AvgIpc) is 2.54. The van der Waals surface area contributed by atoms with E-state index < -0.39 is 61.4 Å². The lowest BCUT2D eigenvalue weighted by atomic mass is 10.4. The Bertz CT molecular complexity index is 739. The zero-order chi connectivity index (χ0) is 23.3. The van der Waals surface area contributed by atoms with Gasteiger partial charge in [0.15, 0.2) is 0 Å². The molecule has 1 aromatic rings. The van der Waals surface area contributed by atoms with E-state index in [1.807, 2.05) is 0 Å². The van der Waals surface area contributed by atoms with Crippen LogP contribution in [0.15, 0.2) is 14.4 Å². The van der Waals surface area contributed by atoms with Gasteiger partial charge in [-0.1, -0.05) is 0 Å². The van der Waals surface area contributed by atoms with E-state index in [-0.39, 0.29) is 38.9 Å². The minimum absolute atomic E-state index is 0.178. The molecule has 174 valence electrons. The Morgan fingerprint density at radius 2 is 0.733 bits per heavy atom. The van der Waals surface area contributed by atoms with Crippen LogP contribution in [0.1, 0.15) is 19.3 Å². The molecule has 0 unspecified atom stereocenters. The molecule has 0 N–H and O–H groups in total. The fourth-order valence-corrected chi connectivity index (χ4v) is 5.24. The molecule has 1 rings (SSSR count). The van der Waals surface area contributed by atoms with Gasteiger partial charge < -0.3 is 0 Å². The molecule has 0 atom stereocenters. The molecule has 0 aromatic carbocycles. The van der Waals surface area contributed by atoms with Crippen molar-refractivity contribution < 1.29 is 24.6 Å². The van der Waals surface area contributed by atoms with Gasteiger partial charge in [-0.25, -0.2) is 28.1 Å². The van der Waals surface area contributed by atoms with E-state index in [2.05, 4.69) is 0 Å². The van der Waals surface area contributed by atoms with Gasteiger partial charge in [-0.05, 0) is 38.9 Å². The largest absolute Gasteiger partial charge is 0.422 e. The summed E-state index contributed by atoms with van der Waals surface area (Å²) in [6.45, 7) is 1.35. The molecule has 30 heavy (non-hydrogen) atoms. The standard InChI is InChI=1S/C15H27F6N3O3Si3/c1-28(16,17)10-4-7-22-13(25)23(8-5-11-29(2,18)19)15(27)24(14(22)26)9-6-12-30(3,20)21/h4-12H2,1-3H3. The van der Waals surface area contributed by atoms with Crippen molar-refractivity contribution in [2.24, 2.45) is 0 Å². The van der Waals surface area contributed by atoms with Crippen LogP contribution >= 0.6 is 0 Å². The number of aromatic nitrogens is 3. The molecule has 0 aliphatic carbocycles. The zero-order valence-electron chi connectivity index (χ0n) is 17.2. The summed E-state index contributed by atoms with van der Waals surface area (Å²) in [4.78, 5) is 37.7. The van der Waals surface area contributed by atoms with Crippen molar-refractivity contribution in [1.82, 2.24) is 13.7 Å². The zero-order valence-corrected chi connectivity index (χ0v) is 20.2. The lowest BCUT2D eigenvalue weighted by molar-refractivity contribution is 0.429. The molecule has 1 aromatic heterocycles. The highest BCUT2D eigenvalue weighted by molar-refractivity contribution is 6.65. The Hall–Kier alpha value is -1.36. The number of rotatable bonds is 12. The molecule has 6 nitrogen and oxygen atoms in total. The Labute approximate surface area is 173 Å². The first-order chi connectivity index (χ1) is 13.5. The second-order valence-electron chi connectivity index (χ2n) is 7.82. The quantitative estimate of drug-likeness (QED) is 0.254. The number of hydrogen-bond acceptors (Lipinski definition) is 3. The monoisotopic (exact) mass is 495 g/mol. The Kier molecular flexibility index (Phi) is 9.16. The minimum Gasteiger partial charge on any atom is -0.271 e. The van der Waals surface area contributed by atoms with Gasteiger partial charge in [0.25, 0.3) is 0 Å². The molecular formula is C15H27F6N3O3Si3. The van der Waals surface area contributed by atoms with Crippen molar-refractivity contribution in [3.63, 3.8) is 0 Å². The van der Waals surface area contributed by atoms with Crippen LogP contribution in [0.2, 0.25) is 37.8 Å². The van der Waals surface area contributed by atoms with Crippen molar-refractivity contribution in [1.29, 1.82) is 0 Å². The van der Waals surface area contributed by atoms with Crippen LogP contribution in [0.5, 0.6) is 0 Å². The van der Waals surface area contributed by atoms with Gasteiger partial charge in [0, 0.05) is 37.8 Å². The highest BCUT2D eigenvalue weighted by Gasteiger charge is 2.29. The van der Waals surface area contributed by atoms with Gasteiger partial charge >= 0.3 is 43.3 Å². The second kappa shape index (κ2) is 10.3. The molecule has 15 heteroatoms. The summed E-state index contributed by atoms with van der Waals surface area (Å²) < 4.78 is 81.0. The molecule has 0 saturated carbocycles. The maximum Gasteiger partial charge on any atom is 0.422 e. The molecular weight excluding hydrogens is 468 g/mol. The number of halogens is 6. The molecule has 0 spiro atoms. The van der Waals surface area contributed by atoms with E-state index in [0.29, 0.717) is 13.7 Å². The SMILES string of the molecule is C[Si](F)(F)CCCn1c(=O)n(CCC[Si](C)(F)F)c(=O)n(CCC[Si](C)(F)F)c1=O. The average molecular weight is 496 g/mol. The number of nitrogens with zero attached hydrogens (tertiary/aromatic N) is 3. The predicted molar refractivity (Wildman–Crippen MR) is 109 cm³/mol. The third-order valence-electron chi connectivity index (χ3n) is 4.38.